The summed E-state index contributed by atoms with van der Waals surface area (Å²) in [5.41, 5.74) is 4.00. The summed E-state index contributed by atoms with van der Waals surface area (Å²) in [6, 6.07) is 16.0. The van der Waals surface area contributed by atoms with Gasteiger partial charge >= 0.3 is 0 Å². The molecule has 150 valence electrons. The number of benzene rings is 2. The summed E-state index contributed by atoms with van der Waals surface area (Å²) < 4.78 is 2.19. The topological polar surface area (TPSA) is 59.8 Å². The molecule has 3 aromatic rings. The molecule has 0 spiro atoms. The van der Waals surface area contributed by atoms with Gasteiger partial charge < -0.3 is 9.88 Å². The van der Waals surface area contributed by atoms with Gasteiger partial charge in [-0.25, -0.2) is 0 Å². The summed E-state index contributed by atoms with van der Waals surface area (Å²) in [7, 11) is 0. The minimum absolute atomic E-state index is 0.0409. The molecule has 1 unspecified atom stereocenters. The Morgan fingerprint density at radius 3 is 2.72 bits per heavy atom. The lowest BCUT2D eigenvalue weighted by atomic mass is 10.1. The Morgan fingerprint density at radius 1 is 1.07 bits per heavy atom. The van der Waals surface area contributed by atoms with Gasteiger partial charge in [0.05, 0.1) is 0 Å². The summed E-state index contributed by atoms with van der Waals surface area (Å²) in [5.74, 6) is 0.993. The Bertz CT molecular complexity index is 999. The number of anilines is 1. The largest absolute Gasteiger partial charge is 0.325 e. The van der Waals surface area contributed by atoms with Crippen LogP contribution in [0.5, 0.6) is 0 Å². The summed E-state index contributed by atoms with van der Waals surface area (Å²) in [5, 5.41) is 12.4. The number of nitrogens with one attached hydrogen (secondary N) is 1. The van der Waals surface area contributed by atoms with Crippen LogP contribution < -0.4 is 5.32 Å². The number of hydrogen-bond acceptors (Lipinski definition) is 4. The van der Waals surface area contributed by atoms with E-state index in [0.29, 0.717) is 0 Å². The molecular formula is C23H26N4OS. The van der Waals surface area contributed by atoms with Crippen molar-refractivity contribution in [2.24, 2.45) is 0 Å². The standard InChI is InChI=1S/C23H26N4OS/c1-16-12-13-17(2)19(15-16)24-22(28)21(18-9-5-3-6-10-18)29-23-26-25-20-11-7-4-8-14-27(20)23/h3,5-6,9-10,12-13,15,21H,4,7-8,11,14H2,1-2H3,(H,24,28). The van der Waals surface area contributed by atoms with Crippen LogP contribution in [0.25, 0.3) is 0 Å². The molecule has 29 heavy (non-hydrogen) atoms. The van der Waals surface area contributed by atoms with E-state index in [4.69, 9.17) is 0 Å². The van der Waals surface area contributed by atoms with Crippen LogP contribution in [-0.4, -0.2) is 20.7 Å². The lowest BCUT2D eigenvalue weighted by Gasteiger charge is -2.18. The van der Waals surface area contributed by atoms with Crippen LogP contribution in [0.15, 0.2) is 53.7 Å². The Labute approximate surface area is 175 Å². The number of nitrogens with zero attached hydrogens (tertiary/aromatic N) is 3. The highest BCUT2D eigenvalue weighted by atomic mass is 32.2. The average Bonchev–Trinajstić information content (AvgIpc) is 2.95. The molecule has 2 heterocycles. The molecule has 1 amide bonds. The van der Waals surface area contributed by atoms with Crippen LogP contribution in [0.2, 0.25) is 0 Å². The van der Waals surface area contributed by atoms with Crippen molar-refractivity contribution in [2.75, 3.05) is 5.32 Å². The quantitative estimate of drug-likeness (QED) is 0.599. The molecule has 1 atom stereocenters. The fraction of sp³-hybridized carbons (Fsp3) is 0.348. The van der Waals surface area contributed by atoms with Gasteiger partial charge in [0.15, 0.2) is 5.16 Å². The van der Waals surface area contributed by atoms with Gasteiger partial charge in [0.1, 0.15) is 11.1 Å². The lowest BCUT2D eigenvalue weighted by Crippen LogP contribution is -2.20. The predicted octanol–water partition coefficient (Wildman–Crippen LogP) is 5.09. The molecule has 2 aromatic carbocycles. The first kappa shape index (κ1) is 19.7. The first-order valence-electron chi connectivity index (χ1n) is 10.1. The Morgan fingerprint density at radius 2 is 1.90 bits per heavy atom. The van der Waals surface area contributed by atoms with Crippen LogP contribution in [0, 0.1) is 13.8 Å². The smallest absolute Gasteiger partial charge is 0.242 e. The molecule has 0 radical (unpaired) electrons. The van der Waals surface area contributed by atoms with E-state index in [1.54, 1.807) is 0 Å². The van der Waals surface area contributed by atoms with Crippen molar-refractivity contribution >= 4 is 23.4 Å². The van der Waals surface area contributed by atoms with E-state index in [2.05, 4.69) is 26.1 Å². The number of rotatable bonds is 5. The second-order valence-corrected chi connectivity index (χ2v) is 8.65. The van der Waals surface area contributed by atoms with Crippen LogP contribution >= 0.6 is 11.8 Å². The van der Waals surface area contributed by atoms with Crippen LogP contribution in [-0.2, 0) is 17.8 Å². The maximum atomic E-state index is 13.3. The van der Waals surface area contributed by atoms with Crippen molar-refractivity contribution in [1.82, 2.24) is 14.8 Å². The molecule has 1 N–H and O–H groups in total. The highest BCUT2D eigenvalue weighted by molar-refractivity contribution is 8.00. The maximum Gasteiger partial charge on any atom is 0.242 e. The second kappa shape index (κ2) is 8.82. The third kappa shape index (κ3) is 4.53. The molecule has 1 aromatic heterocycles. The Kier molecular flexibility index (Phi) is 6.00. The highest BCUT2D eigenvalue weighted by Gasteiger charge is 2.26. The summed E-state index contributed by atoms with van der Waals surface area (Å²) in [4.78, 5) is 13.3. The van der Waals surface area contributed by atoms with Gasteiger partial charge in [-0.15, -0.1) is 10.2 Å². The molecule has 0 saturated heterocycles. The normalized spacial score (nSPS) is 14.7. The molecule has 4 rings (SSSR count). The van der Waals surface area contributed by atoms with E-state index in [0.717, 1.165) is 59.2 Å². The van der Waals surface area contributed by atoms with Crippen LogP contribution in [0.1, 0.15) is 47.0 Å². The van der Waals surface area contributed by atoms with Gasteiger partial charge in [-0.1, -0.05) is 60.6 Å². The second-order valence-electron chi connectivity index (χ2n) is 7.58. The van der Waals surface area contributed by atoms with Crippen molar-refractivity contribution in [2.45, 2.75) is 56.5 Å². The number of fused-ring (bicyclic) bond motifs is 1. The molecule has 0 saturated carbocycles. The average molecular weight is 407 g/mol. The van der Waals surface area contributed by atoms with Gasteiger partial charge in [0.25, 0.3) is 0 Å². The van der Waals surface area contributed by atoms with Crippen molar-refractivity contribution in [1.29, 1.82) is 0 Å². The lowest BCUT2D eigenvalue weighted by molar-refractivity contribution is -0.115. The first-order valence-corrected chi connectivity index (χ1v) is 11.0. The molecule has 0 aliphatic carbocycles. The number of carbonyl (C=O) groups is 1. The Hall–Kier alpha value is -2.60. The zero-order valence-electron chi connectivity index (χ0n) is 16.9. The van der Waals surface area contributed by atoms with Gasteiger partial charge in [0, 0.05) is 18.7 Å². The highest BCUT2D eigenvalue weighted by Crippen LogP contribution is 2.36. The Balaban J connectivity index is 1.63. The van der Waals surface area contributed by atoms with E-state index in [9.17, 15) is 4.79 Å². The van der Waals surface area contributed by atoms with Gasteiger partial charge in [-0.3, -0.25) is 4.79 Å². The molecule has 0 bridgehead atoms. The number of aromatic nitrogens is 3. The number of carbonyl (C=O) groups excluding carboxylic acids is 1. The molecule has 1 aliphatic heterocycles. The van der Waals surface area contributed by atoms with Gasteiger partial charge in [-0.05, 0) is 49.4 Å². The fourth-order valence-electron chi connectivity index (χ4n) is 3.62. The van der Waals surface area contributed by atoms with Crippen molar-refractivity contribution in [3.05, 3.63) is 71.0 Å². The third-order valence-electron chi connectivity index (χ3n) is 5.29. The van der Waals surface area contributed by atoms with Crippen molar-refractivity contribution in [3.8, 4) is 0 Å². The number of hydrogen-bond donors (Lipinski definition) is 1. The molecule has 0 fully saturated rings. The SMILES string of the molecule is Cc1ccc(C)c(NC(=O)C(Sc2nnc3n2CCCCC3)c2ccccc2)c1. The third-order valence-corrected chi connectivity index (χ3v) is 6.53. The van der Waals surface area contributed by atoms with Crippen LogP contribution in [0.3, 0.4) is 0 Å². The van der Waals surface area contributed by atoms with E-state index in [1.807, 2.05) is 56.3 Å². The zero-order valence-corrected chi connectivity index (χ0v) is 17.7. The van der Waals surface area contributed by atoms with E-state index >= 15 is 0 Å². The number of amides is 1. The van der Waals surface area contributed by atoms with Crippen molar-refractivity contribution in [3.63, 3.8) is 0 Å². The van der Waals surface area contributed by atoms with Crippen LogP contribution in [0.4, 0.5) is 5.69 Å². The van der Waals surface area contributed by atoms with Crippen molar-refractivity contribution < 1.29 is 4.79 Å². The van der Waals surface area contributed by atoms with Gasteiger partial charge in [-0.2, -0.15) is 0 Å². The maximum absolute atomic E-state index is 13.3. The fourth-order valence-corrected chi connectivity index (χ4v) is 4.70. The summed E-state index contributed by atoms with van der Waals surface area (Å²) >= 11 is 1.49. The summed E-state index contributed by atoms with van der Waals surface area (Å²) in [6.45, 7) is 4.97. The minimum Gasteiger partial charge on any atom is -0.325 e. The monoisotopic (exact) mass is 406 g/mol. The van der Waals surface area contributed by atoms with E-state index in [1.165, 1.54) is 18.2 Å². The molecule has 5 nitrogen and oxygen atoms in total. The predicted molar refractivity (Wildman–Crippen MR) is 117 cm³/mol. The zero-order chi connectivity index (χ0) is 20.2. The van der Waals surface area contributed by atoms with E-state index in [-0.39, 0.29) is 5.91 Å². The molecule has 6 heteroatoms. The molecule has 1 aliphatic rings. The minimum atomic E-state index is -0.396. The first-order chi connectivity index (χ1) is 14.1. The van der Waals surface area contributed by atoms with E-state index < -0.39 is 5.25 Å². The summed E-state index contributed by atoms with van der Waals surface area (Å²) in [6.07, 6.45) is 4.45. The van der Waals surface area contributed by atoms with Gasteiger partial charge in [0.2, 0.25) is 5.91 Å². The number of aryl methyl sites for hydroxylation is 3. The number of thioether (sulfide) groups is 1. The molecular weight excluding hydrogens is 380 g/mol.